The van der Waals surface area contributed by atoms with Gasteiger partial charge in [-0.1, -0.05) is 43.5 Å². The number of methoxy groups -OCH3 is 1. The number of amides is 1. The average molecular weight is 363 g/mol. The number of aromatic nitrogens is 2. The van der Waals surface area contributed by atoms with E-state index in [1.54, 1.807) is 7.11 Å². The summed E-state index contributed by atoms with van der Waals surface area (Å²) in [5.74, 6) is 1.61. The molecular weight excluding hydrogens is 338 g/mol. The summed E-state index contributed by atoms with van der Waals surface area (Å²) >= 11 is 0. The van der Waals surface area contributed by atoms with Crippen LogP contribution in [-0.4, -0.2) is 28.6 Å². The van der Waals surface area contributed by atoms with Crippen LogP contribution in [0.1, 0.15) is 32.1 Å². The van der Waals surface area contributed by atoms with E-state index < -0.39 is 0 Å². The van der Waals surface area contributed by atoms with Gasteiger partial charge >= 0.3 is 0 Å². The first-order chi connectivity index (χ1) is 13.2. The zero-order valence-corrected chi connectivity index (χ0v) is 15.6. The Morgan fingerprint density at radius 3 is 2.78 bits per heavy atom. The minimum Gasteiger partial charge on any atom is -0.497 e. The molecule has 27 heavy (non-hydrogen) atoms. The molecule has 0 spiro atoms. The molecule has 5 heteroatoms. The van der Waals surface area contributed by atoms with Gasteiger partial charge in [0.05, 0.1) is 18.1 Å². The number of carbonyl (C=O) groups excluding carboxylic acids is 1. The van der Waals surface area contributed by atoms with Gasteiger partial charge < -0.3 is 14.6 Å². The minimum atomic E-state index is 0.0502. The third-order valence-corrected chi connectivity index (χ3v) is 5.25. The van der Waals surface area contributed by atoms with Gasteiger partial charge in [0.15, 0.2) is 0 Å². The lowest BCUT2D eigenvalue weighted by molar-refractivity contribution is -0.122. The Kier molecular flexibility index (Phi) is 5.10. The first kappa shape index (κ1) is 17.6. The van der Waals surface area contributed by atoms with E-state index in [0.717, 1.165) is 41.0 Å². The summed E-state index contributed by atoms with van der Waals surface area (Å²) in [6.07, 6.45) is 5.85. The van der Waals surface area contributed by atoms with E-state index in [2.05, 4.69) is 5.32 Å². The zero-order chi connectivity index (χ0) is 18.6. The Bertz CT molecular complexity index is 942. The third kappa shape index (κ3) is 3.82. The van der Waals surface area contributed by atoms with Gasteiger partial charge in [-0.3, -0.25) is 4.79 Å². The zero-order valence-electron chi connectivity index (χ0n) is 15.6. The molecule has 1 heterocycles. The molecule has 1 saturated carbocycles. The fourth-order valence-electron chi connectivity index (χ4n) is 3.88. The second kappa shape index (κ2) is 7.82. The van der Waals surface area contributed by atoms with E-state index in [-0.39, 0.29) is 12.5 Å². The largest absolute Gasteiger partial charge is 0.497 e. The van der Waals surface area contributed by atoms with E-state index in [9.17, 15) is 4.79 Å². The van der Waals surface area contributed by atoms with E-state index in [1.807, 2.05) is 53.1 Å². The summed E-state index contributed by atoms with van der Waals surface area (Å²) in [5, 5.41) is 3.21. The van der Waals surface area contributed by atoms with Gasteiger partial charge in [0.1, 0.15) is 18.1 Å². The number of nitrogens with zero attached hydrogens (tertiary/aromatic N) is 2. The summed E-state index contributed by atoms with van der Waals surface area (Å²) in [6, 6.07) is 16.1. The topological polar surface area (TPSA) is 56.2 Å². The van der Waals surface area contributed by atoms with Crippen LogP contribution in [0.2, 0.25) is 0 Å². The Morgan fingerprint density at radius 2 is 1.96 bits per heavy atom. The molecule has 1 amide bonds. The Balaban J connectivity index is 1.66. The van der Waals surface area contributed by atoms with Gasteiger partial charge in [0.2, 0.25) is 5.91 Å². The average Bonchev–Trinajstić information content (AvgIpc) is 3.07. The summed E-state index contributed by atoms with van der Waals surface area (Å²) in [4.78, 5) is 17.5. The van der Waals surface area contributed by atoms with Crippen molar-refractivity contribution in [2.45, 2.75) is 44.7 Å². The van der Waals surface area contributed by atoms with Crippen LogP contribution >= 0.6 is 0 Å². The maximum atomic E-state index is 12.7. The normalized spacial score (nSPS) is 15.0. The van der Waals surface area contributed by atoms with Crippen LogP contribution in [0.3, 0.4) is 0 Å². The third-order valence-electron chi connectivity index (χ3n) is 5.25. The van der Waals surface area contributed by atoms with Crippen LogP contribution < -0.4 is 10.1 Å². The standard InChI is InChI=1S/C22H25N3O2/c1-27-18-11-7-8-16(14-18)22-24-19-12-5-6-13-20(19)25(22)15-21(26)23-17-9-3-2-4-10-17/h5-8,11-14,17H,2-4,9-10,15H2,1H3,(H,23,26). The molecule has 1 aliphatic rings. The van der Waals surface area contributed by atoms with Gasteiger partial charge in [-0.25, -0.2) is 4.98 Å². The molecule has 1 fully saturated rings. The molecule has 3 aromatic rings. The number of hydrogen-bond acceptors (Lipinski definition) is 3. The molecular formula is C22H25N3O2. The van der Waals surface area contributed by atoms with E-state index in [0.29, 0.717) is 6.04 Å². The van der Waals surface area contributed by atoms with Crippen molar-refractivity contribution in [1.82, 2.24) is 14.9 Å². The fraction of sp³-hybridized carbons (Fsp3) is 0.364. The Morgan fingerprint density at radius 1 is 1.15 bits per heavy atom. The fourth-order valence-corrected chi connectivity index (χ4v) is 3.88. The maximum absolute atomic E-state index is 12.7. The van der Waals surface area contributed by atoms with Gasteiger partial charge in [-0.15, -0.1) is 0 Å². The van der Waals surface area contributed by atoms with Crippen molar-refractivity contribution in [3.63, 3.8) is 0 Å². The van der Waals surface area contributed by atoms with Crippen LogP contribution in [-0.2, 0) is 11.3 Å². The number of carbonyl (C=O) groups is 1. The molecule has 5 nitrogen and oxygen atoms in total. The summed E-state index contributed by atoms with van der Waals surface area (Å²) in [5.41, 5.74) is 2.80. The number of rotatable bonds is 5. The minimum absolute atomic E-state index is 0.0502. The molecule has 0 aliphatic heterocycles. The Labute approximate surface area is 159 Å². The van der Waals surface area contributed by atoms with Crippen LogP contribution in [0, 0.1) is 0 Å². The molecule has 0 radical (unpaired) electrons. The number of para-hydroxylation sites is 2. The highest BCUT2D eigenvalue weighted by atomic mass is 16.5. The molecule has 1 N–H and O–H groups in total. The molecule has 1 aliphatic carbocycles. The highest BCUT2D eigenvalue weighted by Gasteiger charge is 2.19. The molecule has 0 unspecified atom stereocenters. The lowest BCUT2D eigenvalue weighted by Crippen LogP contribution is -2.38. The van der Waals surface area contributed by atoms with Crippen molar-refractivity contribution < 1.29 is 9.53 Å². The second-order valence-electron chi connectivity index (χ2n) is 7.14. The van der Waals surface area contributed by atoms with Gasteiger partial charge in [0.25, 0.3) is 0 Å². The SMILES string of the molecule is COc1cccc(-c2nc3ccccc3n2CC(=O)NC2CCCCC2)c1. The van der Waals surface area contributed by atoms with E-state index >= 15 is 0 Å². The predicted molar refractivity (Wildman–Crippen MR) is 107 cm³/mol. The first-order valence-corrected chi connectivity index (χ1v) is 9.63. The van der Waals surface area contributed by atoms with E-state index in [4.69, 9.17) is 9.72 Å². The van der Waals surface area contributed by atoms with Crippen molar-refractivity contribution >= 4 is 16.9 Å². The van der Waals surface area contributed by atoms with Crippen molar-refractivity contribution in [1.29, 1.82) is 0 Å². The number of ether oxygens (including phenoxy) is 1. The van der Waals surface area contributed by atoms with Gasteiger partial charge in [-0.2, -0.15) is 0 Å². The molecule has 2 aromatic carbocycles. The quantitative estimate of drug-likeness (QED) is 0.740. The van der Waals surface area contributed by atoms with Crippen LogP contribution in [0.15, 0.2) is 48.5 Å². The van der Waals surface area contributed by atoms with Crippen LogP contribution in [0.25, 0.3) is 22.4 Å². The summed E-state index contributed by atoms with van der Waals surface area (Å²) < 4.78 is 7.36. The lowest BCUT2D eigenvalue weighted by atomic mass is 9.95. The lowest BCUT2D eigenvalue weighted by Gasteiger charge is -2.23. The smallest absolute Gasteiger partial charge is 0.240 e. The van der Waals surface area contributed by atoms with Crippen molar-refractivity contribution in [2.24, 2.45) is 0 Å². The van der Waals surface area contributed by atoms with Crippen molar-refractivity contribution in [2.75, 3.05) is 7.11 Å². The molecule has 0 saturated heterocycles. The van der Waals surface area contributed by atoms with Gasteiger partial charge in [-0.05, 0) is 37.1 Å². The number of nitrogens with one attached hydrogen (secondary N) is 1. The monoisotopic (exact) mass is 363 g/mol. The number of fused-ring (bicyclic) bond motifs is 1. The predicted octanol–water partition coefficient (Wildman–Crippen LogP) is 4.16. The molecule has 0 bridgehead atoms. The second-order valence-corrected chi connectivity index (χ2v) is 7.14. The Hall–Kier alpha value is -2.82. The summed E-state index contributed by atoms with van der Waals surface area (Å²) in [6.45, 7) is 0.267. The molecule has 4 rings (SSSR count). The molecule has 0 atom stereocenters. The van der Waals surface area contributed by atoms with Crippen LogP contribution in [0.4, 0.5) is 0 Å². The number of imidazole rings is 1. The van der Waals surface area contributed by atoms with Crippen LogP contribution in [0.5, 0.6) is 5.75 Å². The van der Waals surface area contributed by atoms with Gasteiger partial charge in [0, 0.05) is 11.6 Å². The summed E-state index contributed by atoms with van der Waals surface area (Å²) in [7, 11) is 1.65. The number of hydrogen-bond donors (Lipinski definition) is 1. The van der Waals surface area contributed by atoms with Crippen molar-refractivity contribution in [3.8, 4) is 17.1 Å². The van der Waals surface area contributed by atoms with Crippen molar-refractivity contribution in [3.05, 3.63) is 48.5 Å². The molecule has 1 aromatic heterocycles. The number of benzene rings is 2. The highest BCUT2D eigenvalue weighted by molar-refractivity contribution is 5.84. The highest BCUT2D eigenvalue weighted by Crippen LogP contribution is 2.27. The molecule has 140 valence electrons. The first-order valence-electron chi connectivity index (χ1n) is 9.63. The maximum Gasteiger partial charge on any atom is 0.240 e. The van der Waals surface area contributed by atoms with E-state index in [1.165, 1.54) is 19.3 Å².